The maximum absolute atomic E-state index is 13.0. The summed E-state index contributed by atoms with van der Waals surface area (Å²) in [5, 5.41) is 2.82. The van der Waals surface area contributed by atoms with Crippen LogP contribution in [0.25, 0.3) is 0 Å². The van der Waals surface area contributed by atoms with Crippen LogP contribution >= 0.6 is 0 Å². The first kappa shape index (κ1) is 15.5. The maximum atomic E-state index is 13.0. The van der Waals surface area contributed by atoms with E-state index in [-0.39, 0.29) is 30.1 Å². The third kappa shape index (κ3) is 3.23. The number of carbonyl (C=O) groups excluding carboxylic acids is 2. The molecule has 21 heavy (non-hydrogen) atoms. The fraction of sp³-hybridized carbons (Fsp3) is 0.500. The second kappa shape index (κ2) is 5.84. The second-order valence-corrected chi connectivity index (χ2v) is 5.85. The highest BCUT2D eigenvalue weighted by Gasteiger charge is 2.41. The van der Waals surface area contributed by atoms with E-state index in [0.29, 0.717) is 13.0 Å². The van der Waals surface area contributed by atoms with E-state index in [2.05, 4.69) is 5.32 Å². The van der Waals surface area contributed by atoms with E-state index in [1.807, 2.05) is 13.8 Å². The lowest BCUT2D eigenvalue weighted by molar-refractivity contribution is -0.140. The Bertz CT molecular complexity index is 544. The minimum absolute atomic E-state index is 0.0901. The molecule has 0 bridgehead atoms. The highest BCUT2D eigenvalue weighted by Crippen LogP contribution is 2.23. The molecule has 1 N–H and O–H groups in total. The number of amides is 2. The number of nitrogens with zero attached hydrogens (tertiary/aromatic N) is 1. The van der Waals surface area contributed by atoms with Gasteiger partial charge in [-0.25, -0.2) is 4.39 Å². The first-order valence-corrected chi connectivity index (χ1v) is 7.22. The van der Waals surface area contributed by atoms with E-state index in [4.69, 9.17) is 0 Å². The summed E-state index contributed by atoms with van der Waals surface area (Å²) in [4.78, 5) is 26.4. The lowest BCUT2D eigenvalue weighted by Gasteiger charge is -2.33. The quantitative estimate of drug-likeness (QED) is 0.928. The molecule has 2 amide bonds. The Hall–Kier alpha value is -1.91. The Morgan fingerprint density at radius 3 is 2.52 bits per heavy atom. The summed E-state index contributed by atoms with van der Waals surface area (Å²) < 4.78 is 13.0. The van der Waals surface area contributed by atoms with Gasteiger partial charge in [-0.15, -0.1) is 0 Å². The van der Waals surface area contributed by atoms with Crippen molar-refractivity contribution in [2.24, 2.45) is 0 Å². The van der Waals surface area contributed by atoms with Crippen molar-refractivity contribution in [3.05, 3.63) is 35.6 Å². The van der Waals surface area contributed by atoms with Crippen molar-refractivity contribution >= 4 is 11.8 Å². The van der Waals surface area contributed by atoms with Gasteiger partial charge in [0.15, 0.2) is 0 Å². The summed E-state index contributed by atoms with van der Waals surface area (Å²) >= 11 is 0. The van der Waals surface area contributed by atoms with Gasteiger partial charge in [0, 0.05) is 19.0 Å². The third-order valence-electron chi connectivity index (χ3n) is 4.13. The zero-order valence-electron chi connectivity index (χ0n) is 12.6. The van der Waals surface area contributed by atoms with Crippen LogP contribution in [0.3, 0.4) is 0 Å². The fourth-order valence-corrected chi connectivity index (χ4v) is 2.56. The lowest BCUT2D eigenvalue weighted by Crippen LogP contribution is -2.55. The molecule has 4 nitrogen and oxygen atoms in total. The summed E-state index contributed by atoms with van der Waals surface area (Å²) in [7, 11) is 0. The first-order valence-electron chi connectivity index (χ1n) is 7.22. The van der Waals surface area contributed by atoms with Gasteiger partial charge in [-0.05, 0) is 38.0 Å². The average molecular weight is 292 g/mol. The zero-order valence-corrected chi connectivity index (χ0v) is 12.6. The lowest BCUT2D eigenvalue weighted by atomic mass is 9.96. The van der Waals surface area contributed by atoms with Crippen molar-refractivity contribution in [1.82, 2.24) is 10.2 Å². The molecule has 0 spiro atoms. The van der Waals surface area contributed by atoms with Gasteiger partial charge < -0.3 is 10.2 Å². The van der Waals surface area contributed by atoms with E-state index < -0.39 is 5.54 Å². The van der Waals surface area contributed by atoms with Gasteiger partial charge in [-0.2, -0.15) is 0 Å². The van der Waals surface area contributed by atoms with E-state index in [1.54, 1.807) is 24.0 Å². The summed E-state index contributed by atoms with van der Waals surface area (Å²) in [6.07, 6.45) is 0.812. The Labute approximate surface area is 124 Å². The number of nitrogens with one attached hydrogen (secondary N) is 1. The summed E-state index contributed by atoms with van der Waals surface area (Å²) in [6, 6.07) is 5.91. The van der Waals surface area contributed by atoms with Gasteiger partial charge in [0.25, 0.3) is 0 Å². The molecule has 2 atom stereocenters. The molecule has 0 saturated carbocycles. The van der Waals surface area contributed by atoms with Crippen molar-refractivity contribution in [3.8, 4) is 0 Å². The second-order valence-electron chi connectivity index (χ2n) is 5.85. The van der Waals surface area contributed by atoms with Crippen molar-refractivity contribution in [3.63, 3.8) is 0 Å². The van der Waals surface area contributed by atoms with Gasteiger partial charge in [-0.1, -0.05) is 19.1 Å². The first-order chi connectivity index (χ1) is 9.85. The number of benzene rings is 1. The highest BCUT2D eigenvalue weighted by molar-refractivity contribution is 5.93. The SMILES string of the molecule is CCC1(C)NC(=O)CC(C)N(Cc2ccc(F)cc2)C1=O. The topological polar surface area (TPSA) is 49.4 Å². The predicted octanol–water partition coefficient (Wildman–Crippen LogP) is 2.23. The van der Waals surface area contributed by atoms with Crippen LogP contribution in [-0.4, -0.2) is 28.3 Å². The Morgan fingerprint density at radius 1 is 1.33 bits per heavy atom. The zero-order chi connectivity index (χ0) is 15.6. The van der Waals surface area contributed by atoms with E-state index in [1.165, 1.54) is 12.1 Å². The Morgan fingerprint density at radius 2 is 1.95 bits per heavy atom. The molecule has 5 heteroatoms. The molecule has 114 valence electrons. The average Bonchev–Trinajstić information content (AvgIpc) is 2.52. The Balaban J connectivity index is 2.28. The molecular formula is C16H21FN2O2. The molecule has 1 aliphatic rings. The van der Waals surface area contributed by atoms with Crippen molar-refractivity contribution in [1.29, 1.82) is 0 Å². The smallest absolute Gasteiger partial charge is 0.248 e. The molecule has 1 aliphatic heterocycles. The fourth-order valence-electron chi connectivity index (χ4n) is 2.56. The molecule has 0 radical (unpaired) electrons. The molecular weight excluding hydrogens is 271 g/mol. The number of carbonyl (C=O) groups is 2. The summed E-state index contributed by atoms with van der Waals surface area (Å²) in [5.41, 5.74) is -0.0218. The molecule has 2 unspecified atom stereocenters. The number of rotatable bonds is 3. The van der Waals surface area contributed by atoms with E-state index in [0.717, 1.165) is 5.56 Å². The van der Waals surface area contributed by atoms with Gasteiger partial charge in [0.2, 0.25) is 11.8 Å². The largest absolute Gasteiger partial charge is 0.342 e. The minimum Gasteiger partial charge on any atom is -0.342 e. The van der Waals surface area contributed by atoms with Crippen LogP contribution in [0, 0.1) is 5.82 Å². The standard InChI is InChI=1S/C16H21FN2O2/c1-4-16(3)15(21)19(11(2)9-14(20)18-16)10-12-5-7-13(17)8-6-12/h5-8,11H,4,9-10H2,1-3H3,(H,18,20). The summed E-state index contributed by atoms with van der Waals surface area (Å²) in [6.45, 7) is 5.88. The van der Waals surface area contributed by atoms with Gasteiger partial charge in [0.05, 0.1) is 0 Å². The Kier molecular flexibility index (Phi) is 4.30. The van der Waals surface area contributed by atoms with Gasteiger partial charge in [-0.3, -0.25) is 9.59 Å². The molecule has 1 aromatic rings. The van der Waals surface area contributed by atoms with Gasteiger partial charge >= 0.3 is 0 Å². The monoisotopic (exact) mass is 292 g/mol. The van der Waals surface area contributed by atoms with Crippen LogP contribution in [0.1, 0.15) is 39.2 Å². The van der Waals surface area contributed by atoms with Crippen LogP contribution in [0.2, 0.25) is 0 Å². The molecule has 0 aliphatic carbocycles. The molecule has 0 aromatic heterocycles. The van der Waals surface area contributed by atoms with Crippen LogP contribution in [-0.2, 0) is 16.1 Å². The van der Waals surface area contributed by atoms with Gasteiger partial charge in [0.1, 0.15) is 11.4 Å². The summed E-state index contributed by atoms with van der Waals surface area (Å²) in [5.74, 6) is -0.501. The highest BCUT2D eigenvalue weighted by atomic mass is 19.1. The number of halogens is 1. The van der Waals surface area contributed by atoms with Crippen molar-refractivity contribution in [2.75, 3.05) is 0 Å². The van der Waals surface area contributed by atoms with E-state index in [9.17, 15) is 14.0 Å². The van der Waals surface area contributed by atoms with Crippen LogP contribution < -0.4 is 5.32 Å². The van der Waals surface area contributed by atoms with Crippen molar-refractivity contribution < 1.29 is 14.0 Å². The third-order valence-corrected chi connectivity index (χ3v) is 4.13. The molecule has 2 rings (SSSR count). The van der Waals surface area contributed by atoms with Crippen LogP contribution in [0.4, 0.5) is 4.39 Å². The molecule has 1 aromatic carbocycles. The van der Waals surface area contributed by atoms with E-state index >= 15 is 0 Å². The number of hydrogen-bond acceptors (Lipinski definition) is 2. The van der Waals surface area contributed by atoms with Crippen molar-refractivity contribution in [2.45, 2.75) is 51.7 Å². The number of hydrogen-bond donors (Lipinski definition) is 1. The molecule has 1 saturated heterocycles. The molecule has 1 fully saturated rings. The normalized spacial score (nSPS) is 26.5. The van der Waals surface area contributed by atoms with Crippen LogP contribution in [0.15, 0.2) is 24.3 Å². The predicted molar refractivity (Wildman–Crippen MR) is 77.9 cm³/mol. The molecule has 1 heterocycles. The minimum atomic E-state index is -0.873. The maximum Gasteiger partial charge on any atom is 0.248 e. The van der Waals surface area contributed by atoms with Crippen LogP contribution in [0.5, 0.6) is 0 Å².